The number of tetrazole rings is 1. The fourth-order valence-corrected chi connectivity index (χ4v) is 4.96. The zero-order chi connectivity index (χ0) is 23.4. The molecule has 1 saturated heterocycles. The number of aromatic nitrogens is 4. The Morgan fingerprint density at radius 1 is 0.970 bits per heavy atom. The maximum absolute atomic E-state index is 12.9. The summed E-state index contributed by atoms with van der Waals surface area (Å²) in [5, 5.41) is 7.62. The third-order valence-corrected chi connectivity index (χ3v) is 7.20. The van der Waals surface area contributed by atoms with Gasteiger partial charge in [-0.15, -0.1) is 0 Å². The minimum atomic E-state index is -3.68. The molecular formula is C21H24N6O5S. The van der Waals surface area contributed by atoms with Gasteiger partial charge in [0.15, 0.2) is 0 Å². The number of nitrogens with zero attached hydrogens (tertiary/aromatic N) is 6. The van der Waals surface area contributed by atoms with E-state index in [0.29, 0.717) is 18.0 Å². The molecule has 0 unspecified atom stereocenters. The number of hydrogen-bond acceptors (Lipinski definition) is 7. The van der Waals surface area contributed by atoms with Gasteiger partial charge in [0.25, 0.3) is 0 Å². The smallest absolute Gasteiger partial charge is 0.368 e. The van der Waals surface area contributed by atoms with E-state index in [1.807, 2.05) is 13.0 Å². The average molecular weight is 473 g/mol. The quantitative estimate of drug-likeness (QED) is 0.487. The number of para-hydroxylation sites is 1. The Kier molecular flexibility index (Phi) is 6.56. The van der Waals surface area contributed by atoms with Crippen molar-refractivity contribution in [3.8, 4) is 11.4 Å². The van der Waals surface area contributed by atoms with E-state index < -0.39 is 15.7 Å². The van der Waals surface area contributed by atoms with Gasteiger partial charge in [0.2, 0.25) is 15.9 Å². The van der Waals surface area contributed by atoms with Gasteiger partial charge in [-0.1, -0.05) is 18.2 Å². The summed E-state index contributed by atoms with van der Waals surface area (Å²) in [6.45, 7) is 2.84. The number of hydrogen-bond donors (Lipinski definition) is 0. The third kappa shape index (κ3) is 4.81. The first-order valence-corrected chi connectivity index (χ1v) is 11.9. The van der Waals surface area contributed by atoms with Gasteiger partial charge in [0, 0.05) is 26.2 Å². The minimum Gasteiger partial charge on any atom is -0.494 e. The summed E-state index contributed by atoms with van der Waals surface area (Å²) >= 11 is 0. The van der Waals surface area contributed by atoms with Crippen molar-refractivity contribution in [2.45, 2.75) is 18.4 Å². The first-order valence-electron chi connectivity index (χ1n) is 10.5. The number of piperazine rings is 1. The molecule has 2 heterocycles. The Balaban J connectivity index is 1.37. The van der Waals surface area contributed by atoms with Gasteiger partial charge >= 0.3 is 5.69 Å². The highest BCUT2D eigenvalue weighted by Crippen LogP contribution is 2.21. The first kappa shape index (κ1) is 22.7. The monoisotopic (exact) mass is 472 g/mol. The minimum absolute atomic E-state index is 0.160. The van der Waals surface area contributed by atoms with Crippen LogP contribution in [0.1, 0.15) is 6.92 Å². The van der Waals surface area contributed by atoms with Crippen molar-refractivity contribution in [1.29, 1.82) is 0 Å². The van der Waals surface area contributed by atoms with E-state index in [-0.39, 0.29) is 43.5 Å². The summed E-state index contributed by atoms with van der Waals surface area (Å²) in [5.41, 5.74) is 0.0283. The van der Waals surface area contributed by atoms with Gasteiger partial charge in [-0.25, -0.2) is 13.2 Å². The van der Waals surface area contributed by atoms with Crippen LogP contribution in [0.4, 0.5) is 0 Å². The predicted octanol–water partition coefficient (Wildman–Crippen LogP) is 0.361. The SMILES string of the molecule is CCOc1ccc(S(=O)(=O)N2CCN(C(=O)Cn3nnn(-c4ccccc4)c3=O)CC2)cc1. The lowest BCUT2D eigenvalue weighted by Crippen LogP contribution is -2.51. The van der Waals surface area contributed by atoms with Crippen LogP contribution in [0.3, 0.4) is 0 Å². The molecule has 12 heteroatoms. The molecule has 0 radical (unpaired) electrons. The van der Waals surface area contributed by atoms with E-state index in [1.54, 1.807) is 36.4 Å². The largest absolute Gasteiger partial charge is 0.494 e. The second-order valence-corrected chi connectivity index (χ2v) is 9.29. The van der Waals surface area contributed by atoms with Crippen molar-refractivity contribution >= 4 is 15.9 Å². The van der Waals surface area contributed by atoms with Gasteiger partial charge in [-0.05, 0) is 53.7 Å². The van der Waals surface area contributed by atoms with Crippen LogP contribution >= 0.6 is 0 Å². The van der Waals surface area contributed by atoms with Gasteiger partial charge in [-0.2, -0.15) is 13.7 Å². The Morgan fingerprint density at radius 2 is 1.64 bits per heavy atom. The van der Waals surface area contributed by atoms with Crippen LogP contribution in [0.5, 0.6) is 5.75 Å². The summed E-state index contributed by atoms with van der Waals surface area (Å²) in [5.74, 6) is 0.279. The second-order valence-electron chi connectivity index (χ2n) is 7.36. The van der Waals surface area contributed by atoms with Gasteiger partial charge in [-0.3, -0.25) is 4.79 Å². The van der Waals surface area contributed by atoms with Crippen molar-refractivity contribution in [3.05, 3.63) is 65.1 Å². The van der Waals surface area contributed by atoms with Crippen LogP contribution in [-0.4, -0.2) is 76.1 Å². The number of sulfonamides is 1. The molecule has 0 saturated carbocycles. The molecule has 33 heavy (non-hydrogen) atoms. The van der Waals surface area contributed by atoms with E-state index in [9.17, 15) is 18.0 Å². The topological polar surface area (TPSA) is 120 Å². The number of amides is 1. The molecule has 0 bridgehead atoms. The fraction of sp³-hybridized carbons (Fsp3) is 0.333. The molecule has 0 spiro atoms. The van der Waals surface area contributed by atoms with E-state index in [4.69, 9.17) is 4.74 Å². The van der Waals surface area contributed by atoms with Crippen molar-refractivity contribution in [3.63, 3.8) is 0 Å². The highest BCUT2D eigenvalue weighted by molar-refractivity contribution is 7.89. The molecule has 1 aliphatic rings. The molecule has 11 nitrogen and oxygen atoms in total. The average Bonchev–Trinajstić information content (AvgIpc) is 3.20. The van der Waals surface area contributed by atoms with Crippen molar-refractivity contribution < 1.29 is 17.9 Å². The molecule has 2 aromatic carbocycles. The van der Waals surface area contributed by atoms with Crippen LogP contribution in [0.2, 0.25) is 0 Å². The van der Waals surface area contributed by atoms with Crippen LogP contribution in [0, 0.1) is 0 Å². The molecular weight excluding hydrogens is 448 g/mol. The van der Waals surface area contributed by atoms with Crippen LogP contribution < -0.4 is 10.4 Å². The highest BCUT2D eigenvalue weighted by Gasteiger charge is 2.30. The number of carbonyl (C=O) groups excluding carboxylic acids is 1. The molecule has 4 rings (SSSR count). The summed E-state index contributed by atoms with van der Waals surface area (Å²) in [4.78, 5) is 26.9. The lowest BCUT2D eigenvalue weighted by atomic mass is 10.3. The molecule has 1 aliphatic heterocycles. The predicted molar refractivity (Wildman–Crippen MR) is 119 cm³/mol. The second kappa shape index (κ2) is 9.55. The van der Waals surface area contributed by atoms with Gasteiger partial charge in [0.05, 0.1) is 17.2 Å². The summed E-state index contributed by atoms with van der Waals surface area (Å²) in [7, 11) is -3.68. The Bertz CT molecular complexity index is 1260. The van der Waals surface area contributed by atoms with Crippen molar-refractivity contribution in [2.24, 2.45) is 0 Å². The number of ether oxygens (including phenoxy) is 1. The van der Waals surface area contributed by atoms with Crippen molar-refractivity contribution in [2.75, 3.05) is 32.8 Å². The molecule has 0 N–H and O–H groups in total. The molecule has 174 valence electrons. The molecule has 3 aromatic rings. The normalized spacial score (nSPS) is 14.9. The number of benzene rings is 2. The van der Waals surface area contributed by atoms with Gasteiger partial charge < -0.3 is 9.64 Å². The van der Waals surface area contributed by atoms with E-state index >= 15 is 0 Å². The number of rotatable bonds is 7. The number of carbonyl (C=O) groups is 1. The fourth-order valence-electron chi connectivity index (χ4n) is 3.53. The highest BCUT2D eigenvalue weighted by atomic mass is 32.2. The zero-order valence-corrected chi connectivity index (χ0v) is 18.9. The van der Waals surface area contributed by atoms with E-state index in [2.05, 4.69) is 10.4 Å². The van der Waals surface area contributed by atoms with Crippen LogP contribution in [0.15, 0.2) is 64.3 Å². The first-order chi connectivity index (χ1) is 15.9. The third-order valence-electron chi connectivity index (χ3n) is 5.29. The summed E-state index contributed by atoms with van der Waals surface area (Å²) < 4.78 is 34.7. The molecule has 1 fully saturated rings. The van der Waals surface area contributed by atoms with Crippen molar-refractivity contribution in [1.82, 2.24) is 29.0 Å². The molecule has 1 aromatic heterocycles. The lowest BCUT2D eigenvalue weighted by molar-refractivity contribution is -0.133. The Hall–Kier alpha value is -3.51. The maximum Gasteiger partial charge on any atom is 0.368 e. The maximum atomic E-state index is 12.9. The molecule has 1 amide bonds. The van der Waals surface area contributed by atoms with Gasteiger partial charge in [0.1, 0.15) is 12.3 Å². The Labute approximate surface area is 190 Å². The lowest BCUT2D eigenvalue weighted by Gasteiger charge is -2.33. The molecule has 0 aliphatic carbocycles. The summed E-state index contributed by atoms with van der Waals surface area (Å²) in [6, 6.07) is 15.1. The standard InChI is InChI=1S/C21H24N6O5S/c1-2-32-18-8-10-19(11-9-18)33(30,31)25-14-12-24(13-15-25)20(28)16-26-21(29)27(23-22-26)17-6-4-3-5-7-17/h3-11H,2,12-16H2,1H3. The van der Waals surface area contributed by atoms with Crippen LogP contribution in [0.25, 0.3) is 5.69 Å². The van der Waals surface area contributed by atoms with Crippen LogP contribution in [-0.2, 0) is 21.4 Å². The molecule has 0 atom stereocenters. The van der Waals surface area contributed by atoms with E-state index in [1.165, 1.54) is 21.3 Å². The van der Waals surface area contributed by atoms with E-state index in [0.717, 1.165) is 9.36 Å². The summed E-state index contributed by atoms with van der Waals surface area (Å²) in [6.07, 6.45) is 0. The Morgan fingerprint density at radius 3 is 2.27 bits per heavy atom. The zero-order valence-electron chi connectivity index (χ0n) is 18.1.